The summed E-state index contributed by atoms with van der Waals surface area (Å²) in [5.74, 6) is -0.0955. The van der Waals surface area contributed by atoms with Gasteiger partial charge in [-0.2, -0.15) is 0 Å². The smallest absolute Gasteiger partial charge is 0.223 e. The van der Waals surface area contributed by atoms with Gasteiger partial charge < -0.3 is 10.5 Å². The predicted octanol–water partition coefficient (Wildman–Crippen LogP) is 0.531. The van der Waals surface area contributed by atoms with Crippen LogP contribution in [0.3, 0.4) is 0 Å². The summed E-state index contributed by atoms with van der Waals surface area (Å²) in [5.41, 5.74) is 5.22. The van der Waals surface area contributed by atoms with Crippen molar-refractivity contribution >= 4 is 5.91 Å². The van der Waals surface area contributed by atoms with E-state index in [1.807, 2.05) is 20.8 Å². The number of carbonyl (C=O) groups is 1. The van der Waals surface area contributed by atoms with Crippen LogP contribution in [0.25, 0.3) is 0 Å². The normalized spacial score (nSPS) is 44.3. The lowest BCUT2D eigenvalue weighted by atomic mass is 9.89. The molecule has 1 amide bonds. The van der Waals surface area contributed by atoms with Gasteiger partial charge in [0.05, 0.1) is 18.1 Å². The van der Waals surface area contributed by atoms with Gasteiger partial charge in [-0.3, -0.25) is 4.79 Å². The van der Waals surface area contributed by atoms with Gasteiger partial charge in [0.1, 0.15) is 0 Å². The van der Waals surface area contributed by atoms with E-state index in [-0.39, 0.29) is 30.0 Å². The molecule has 0 spiro atoms. The number of amides is 1. The average molecular weight is 157 g/mol. The van der Waals surface area contributed by atoms with Gasteiger partial charge in [-0.1, -0.05) is 6.92 Å². The first-order valence-corrected chi connectivity index (χ1v) is 3.98. The highest BCUT2D eigenvalue weighted by Gasteiger charge is 2.40. The molecule has 3 heteroatoms. The third-order valence-corrected chi connectivity index (χ3v) is 2.57. The van der Waals surface area contributed by atoms with Crippen LogP contribution < -0.4 is 5.73 Å². The van der Waals surface area contributed by atoms with E-state index < -0.39 is 0 Å². The van der Waals surface area contributed by atoms with E-state index in [2.05, 4.69) is 0 Å². The Morgan fingerprint density at radius 1 is 1.27 bits per heavy atom. The van der Waals surface area contributed by atoms with Crippen LogP contribution in [0.1, 0.15) is 20.8 Å². The number of carbonyl (C=O) groups excluding carboxylic acids is 1. The molecule has 0 aliphatic carbocycles. The molecule has 1 rings (SSSR count). The second kappa shape index (κ2) is 2.81. The minimum absolute atomic E-state index is 0.0162. The van der Waals surface area contributed by atoms with E-state index in [4.69, 9.17) is 10.5 Å². The Hall–Kier alpha value is -0.570. The van der Waals surface area contributed by atoms with Gasteiger partial charge in [0.25, 0.3) is 0 Å². The van der Waals surface area contributed by atoms with E-state index in [1.165, 1.54) is 0 Å². The van der Waals surface area contributed by atoms with Crippen molar-refractivity contribution in [2.45, 2.75) is 33.0 Å². The Labute approximate surface area is 66.9 Å². The first-order valence-electron chi connectivity index (χ1n) is 3.98. The molecule has 0 aromatic heterocycles. The Morgan fingerprint density at radius 2 is 1.82 bits per heavy atom. The Kier molecular flexibility index (Phi) is 2.18. The second-order valence-electron chi connectivity index (χ2n) is 3.33. The number of primary amides is 1. The molecule has 1 saturated heterocycles. The highest BCUT2D eigenvalue weighted by atomic mass is 16.5. The summed E-state index contributed by atoms with van der Waals surface area (Å²) >= 11 is 0. The quantitative estimate of drug-likeness (QED) is 0.603. The monoisotopic (exact) mass is 157 g/mol. The Balaban J connectivity index is 2.71. The number of hydrogen-bond donors (Lipinski definition) is 1. The highest BCUT2D eigenvalue weighted by molar-refractivity contribution is 5.77. The molecule has 64 valence electrons. The van der Waals surface area contributed by atoms with E-state index in [0.29, 0.717) is 0 Å². The lowest BCUT2D eigenvalue weighted by Gasteiger charge is -2.13. The summed E-state index contributed by atoms with van der Waals surface area (Å²) in [5, 5.41) is 0. The summed E-state index contributed by atoms with van der Waals surface area (Å²) < 4.78 is 5.45. The first kappa shape index (κ1) is 8.53. The molecular weight excluding hydrogens is 142 g/mol. The van der Waals surface area contributed by atoms with Crippen molar-refractivity contribution in [2.24, 2.45) is 17.6 Å². The largest absolute Gasteiger partial charge is 0.374 e. The van der Waals surface area contributed by atoms with Crippen LogP contribution in [-0.4, -0.2) is 18.1 Å². The van der Waals surface area contributed by atoms with Crippen molar-refractivity contribution < 1.29 is 9.53 Å². The molecule has 0 bridgehead atoms. The molecule has 11 heavy (non-hydrogen) atoms. The predicted molar refractivity (Wildman–Crippen MR) is 41.9 cm³/mol. The molecule has 0 aromatic rings. The fourth-order valence-electron chi connectivity index (χ4n) is 1.76. The van der Waals surface area contributed by atoms with Crippen molar-refractivity contribution in [3.63, 3.8) is 0 Å². The minimum atomic E-state index is -0.241. The van der Waals surface area contributed by atoms with Gasteiger partial charge in [-0.05, 0) is 19.8 Å². The van der Waals surface area contributed by atoms with E-state index in [0.717, 1.165) is 0 Å². The zero-order chi connectivity index (χ0) is 8.59. The fraction of sp³-hybridized carbons (Fsp3) is 0.875. The van der Waals surface area contributed by atoms with Gasteiger partial charge in [0.2, 0.25) is 5.91 Å². The third-order valence-electron chi connectivity index (χ3n) is 2.57. The maximum Gasteiger partial charge on any atom is 0.223 e. The molecule has 1 aliphatic rings. The SMILES string of the molecule is CC1OC(C)C(C(N)=O)C1C. The number of nitrogens with two attached hydrogens (primary N) is 1. The van der Waals surface area contributed by atoms with Crippen LogP contribution in [0.5, 0.6) is 0 Å². The lowest BCUT2D eigenvalue weighted by Crippen LogP contribution is -2.32. The molecule has 0 saturated carbocycles. The molecule has 4 atom stereocenters. The van der Waals surface area contributed by atoms with Crippen LogP contribution in [0, 0.1) is 11.8 Å². The zero-order valence-corrected chi connectivity index (χ0v) is 7.20. The number of rotatable bonds is 1. The zero-order valence-electron chi connectivity index (χ0n) is 7.20. The van der Waals surface area contributed by atoms with Crippen molar-refractivity contribution in [3.8, 4) is 0 Å². The lowest BCUT2D eigenvalue weighted by molar-refractivity contribution is -0.123. The van der Waals surface area contributed by atoms with Gasteiger partial charge >= 0.3 is 0 Å². The van der Waals surface area contributed by atoms with E-state index in [9.17, 15) is 4.79 Å². The highest BCUT2D eigenvalue weighted by Crippen LogP contribution is 2.31. The van der Waals surface area contributed by atoms with Gasteiger partial charge in [-0.25, -0.2) is 0 Å². The van der Waals surface area contributed by atoms with Crippen LogP contribution in [0.4, 0.5) is 0 Å². The second-order valence-corrected chi connectivity index (χ2v) is 3.33. The summed E-state index contributed by atoms with van der Waals surface area (Å²) in [6.07, 6.45) is 0.139. The van der Waals surface area contributed by atoms with Gasteiger partial charge in [0.15, 0.2) is 0 Å². The Bertz CT molecular complexity index is 169. The standard InChI is InChI=1S/C8H15NO2/c1-4-5(2)11-6(3)7(4)8(9)10/h4-7H,1-3H3,(H2,9,10). The van der Waals surface area contributed by atoms with Crippen LogP contribution >= 0.6 is 0 Å². The Morgan fingerprint density at radius 3 is 2.00 bits per heavy atom. The topological polar surface area (TPSA) is 52.3 Å². The first-order chi connectivity index (χ1) is 5.04. The maximum atomic E-state index is 10.9. The minimum Gasteiger partial charge on any atom is -0.374 e. The summed E-state index contributed by atoms with van der Waals surface area (Å²) in [4.78, 5) is 10.9. The molecule has 4 unspecified atom stereocenters. The third kappa shape index (κ3) is 1.38. The van der Waals surface area contributed by atoms with Crippen molar-refractivity contribution in [1.29, 1.82) is 0 Å². The molecule has 3 nitrogen and oxygen atoms in total. The molecule has 1 aliphatic heterocycles. The summed E-state index contributed by atoms with van der Waals surface area (Å²) in [6.45, 7) is 5.88. The average Bonchev–Trinajstić information content (AvgIpc) is 2.07. The molecule has 1 fully saturated rings. The van der Waals surface area contributed by atoms with Crippen LogP contribution in [-0.2, 0) is 9.53 Å². The van der Waals surface area contributed by atoms with Crippen LogP contribution in [0.2, 0.25) is 0 Å². The fourth-order valence-corrected chi connectivity index (χ4v) is 1.76. The number of ether oxygens (including phenoxy) is 1. The van der Waals surface area contributed by atoms with E-state index in [1.54, 1.807) is 0 Å². The van der Waals surface area contributed by atoms with Crippen molar-refractivity contribution in [1.82, 2.24) is 0 Å². The molecule has 0 aromatic carbocycles. The maximum absolute atomic E-state index is 10.9. The number of hydrogen-bond acceptors (Lipinski definition) is 2. The van der Waals surface area contributed by atoms with Crippen molar-refractivity contribution in [2.75, 3.05) is 0 Å². The van der Waals surface area contributed by atoms with Crippen LogP contribution in [0.15, 0.2) is 0 Å². The van der Waals surface area contributed by atoms with Gasteiger partial charge in [0, 0.05) is 0 Å². The molecule has 1 heterocycles. The van der Waals surface area contributed by atoms with Crippen molar-refractivity contribution in [3.05, 3.63) is 0 Å². The molecule has 2 N–H and O–H groups in total. The summed E-state index contributed by atoms with van der Waals surface area (Å²) in [6, 6.07) is 0. The van der Waals surface area contributed by atoms with E-state index >= 15 is 0 Å². The van der Waals surface area contributed by atoms with Gasteiger partial charge in [-0.15, -0.1) is 0 Å². The summed E-state index contributed by atoms with van der Waals surface area (Å²) in [7, 11) is 0. The molecular formula is C8H15NO2. The molecule has 0 radical (unpaired) electrons.